The summed E-state index contributed by atoms with van der Waals surface area (Å²) in [5.41, 5.74) is 0.150. The van der Waals surface area contributed by atoms with Crippen molar-refractivity contribution >= 4 is 10.9 Å². The molecule has 88 valence electrons. The number of aromatic nitrogens is 2. The zero-order valence-electron chi connectivity index (χ0n) is 9.72. The van der Waals surface area contributed by atoms with Gasteiger partial charge in [-0.3, -0.25) is 13.9 Å². The van der Waals surface area contributed by atoms with Crippen LogP contribution in [0.2, 0.25) is 0 Å². The van der Waals surface area contributed by atoms with Crippen LogP contribution in [0.3, 0.4) is 0 Å². The van der Waals surface area contributed by atoms with Crippen LogP contribution in [0, 0.1) is 0 Å². The third-order valence-electron chi connectivity index (χ3n) is 2.76. The van der Waals surface area contributed by atoms with Crippen LogP contribution in [-0.4, -0.2) is 9.13 Å². The Hall–Kier alpha value is -2.10. The van der Waals surface area contributed by atoms with E-state index in [1.165, 1.54) is 4.57 Å². The molecule has 0 atom stereocenters. The highest BCUT2D eigenvalue weighted by Gasteiger charge is 2.09. The highest BCUT2D eigenvalue weighted by atomic mass is 16.2. The van der Waals surface area contributed by atoms with Crippen molar-refractivity contribution in [2.75, 3.05) is 0 Å². The topological polar surface area (TPSA) is 44.0 Å². The fourth-order valence-electron chi connectivity index (χ4n) is 1.96. The summed E-state index contributed by atoms with van der Waals surface area (Å²) in [6, 6.07) is 7.13. The van der Waals surface area contributed by atoms with Gasteiger partial charge in [-0.05, 0) is 19.1 Å². The van der Waals surface area contributed by atoms with Crippen LogP contribution in [0.1, 0.15) is 6.92 Å². The predicted octanol–water partition coefficient (Wildman–Crippen LogP) is 1.37. The largest absolute Gasteiger partial charge is 0.331 e. The van der Waals surface area contributed by atoms with Crippen molar-refractivity contribution in [2.45, 2.75) is 20.0 Å². The standard InChI is InChI=1S/C13H14N2O2/c1-3-9-15-11-8-6-5-7-10(11)12(16)14(4-2)13(15)17/h3,5-8H,1,4,9H2,2H3. The molecule has 0 radical (unpaired) electrons. The summed E-state index contributed by atoms with van der Waals surface area (Å²) < 4.78 is 2.80. The molecule has 17 heavy (non-hydrogen) atoms. The first kappa shape index (κ1) is 11.4. The molecule has 0 saturated heterocycles. The molecule has 0 aliphatic rings. The van der Waals surface area contributed by atoms with Crippen molar-refractivity contribution in [1.29, 1.82) is 0 Å². The Morgan fingerprint density at radius 3 is 2.59 bits per heavy atom. The Labute approximate surface area is 98.4 Å². The van der Waals surface area contributed by atoms with Crippen molar-refractivity contribution in [3.63, 3.8) is 0 Å². The Morgan fingerprint density at radius 1 is 1.24 bits per heavy atom. The molecule has 0 unspecified atom stereocenters. The number of nitrogens with zero attached hydrogens (tertiary/aromatic N) is 2. The number of rotatable bonds is 3. The molecular weight excluding hydrogens is 216 g/mol. The lowest BCUT2D eigenvalue weighted by molar-refractivity contribution is 0.623. The van der Waals surface area contributed by atoms with E-state index in [-0.39, 0.29) is 11.2 Å². The minimum atomic E-state index is -0.281. The van der Waals surface area contributed by atoms with Gasteiger partial charge >= 0.3 is 5.69 Å². The van der Waals surface area contributed by atoms with Crippen LogP contribution in [0.25, 0.3) is 10.9 Å². The molecule has 4 nitrogen and oxygen atoms in total. The van der Waals surface area contributed by atoms with Crippen LogP contribution in [0.5, 0.6) is 0 Å². The van der Waals surface area contributed by atoms with Crippen molar-refractivity contribution < 1.29 is 0 Å². The first-order valence-electron chi connectivity index (χ1n) is 5.54. The Morgan fingerprint density at radius 2 is 1.94 bits per heavy atom. The molecule has 0 aliphatic heterocycles. The first-order chi connectivity index (χ1) is 8.20. The summed E-state index contributed by atoms with van der Waals surface area (Å²) >= 11 is 0. The molecule has 0 bridgehead atoms. The van der Waals surface area contributed by atoms with Crippen LogP contribution in [-0.2, 0) is 13.1 Å². The third-order valence-corrected chi connectivity index (χ3v) is 2.76. The second-order valence-electron chi connectivity index (χ2n) is 3.75. The van der Waals surface area contributed by atoms with E-state index >= 15 is 0 Å². The summed E-state index contributed by atoms with van der Waals surface area (Å²) in [5.74, 6) is 0. The minimum Gasteiger partial charge on any atom is -0.289 e. The van der Waals surface area contributed by atoms with Crippen molar-refractivity contribution in [2.24, 2.45) is 0 Å². The monoisotopic (exact) mass is 230 g/mol. The van der Waals surface area contributed by atoms with Crippen molar-refractivity contribution in [3.05, 3.63) is 57.8 Å². The van der Waals surface area contributed by atoms with Crippen LogP contribution < -0.4 is 11.2 Å². The molecule has 1 aromatic heterocycles. The lowest BCUT2D eigenvalue weighted by Crippen LogP contribution is -2.39. The van der Waals surface area contributed by atoms with E-state index < -0.39 is 0 Å². The molecule has 0 N–H and O–H groups in total. The molecule has 2 rings (SSSR count). The van der Waals surface area contributed by atoms with Gasteiger partial charge in [-0.1, -0.05) is 18.2 Å². The average Bonchev–Trinajstić information content (AvgIpc) is 2.35. The van der Waals surface area contributed by atoms with Gasteiger partial charge in [0.1, 0.15) is 0 Å². The minimum absolute atomic E-state index is 0.228. The number of para-hydroxylation sites is 1. The molecule has 0 amide bonds. The molecule has 2 aromatic rings. The van der Waals surface area contributed by atoms with Gasteiger partial charge in [0, 0.05) is 13.1 Å². The average molecular weight is 230 g/mol. The first-order valence-corrected chi connectivity index (χ1v) is 5.54. The predicted molar refractivity (Wildman–Crippen MR) is 68.3 cm³/mol. The fourth-order valence-corrected chi connectivity index (χ4v) is 1.96. The maximum atomic E-state index is 12.1. The van der Waals surface area contributed by atoms with E-state index in [2.05, 4.69) is 6.58 Å². The maximum absolute atomic E-state index is 12.1. The lowest BCUT2D eigenvalue weighted by Gasteiger charge is -2.11. The van der Waals surface area contributed by atoms with E-state index in [0.29, 0.717) is 24.0 Å². The van der Waals surface area contributed by atoms with E-state index in [4.69, 9.17) is 0 Å². The van der Waals surface area contributed by atoms with Gasteiger partial charge in [-0.25, -0.2) is 4.79 Å². The SMILES string of the molecule is C=CCn1c(=O)n(CC)c(=O)c2ccccc21. The zero-order chi connectivity index (χ0) is 12.4. The summed E-state index contributed by atoms with van der Waals surface area (Å²) in [6.07, 6.45) is 1.65. The fraction of sp³-hybridized carbons (Fsp3) is 0.231. The van der Waals surface area contributed by atoms with Crippen LogP contribution in [0.15, 0.2) is 46.5 Å². The number of hydrogen-bond acceptors (Lipinski definition) is 2. The number of allylic oxidation sites excluding steroid dienone is 1. The highest BCUT2D eigenvalue weighted by Crippen LogP contribution is 2.07. The summed E-state index contributed by atoms with van der Waals surface area (Å²) in [4.78, 5) is 24.2. The van der Waals surface area contributed by atoms with Gasteiger partial charge in [-0.15, -0.1) is 6.58 Å². The van der Waals surface area contributed by atoms with E-state index in [1.54, 1.807) is 35.8 Å². The third kappa shape index (κ3) is 1.71. The highest BCUT2D eigenvalue weighted by molar-refractivity contribution is 5.77. The zero-order valence-corrected chi connectivity index (χ0v) is 9.72. The Balaban J connectivity index is 3.01. The summed E-state index contributed by atoms with van der Waals surface area (Å²) in [6.45, 7) is 6.20. The lowest BCUT2D eigenvalue weighted by atomic mass is 10.2. The van der Waals surface area contributed by atoms with Crippen LogP contribution in [0.4, 0.5) is 0 Å². The molecule has 0 aliphatic carbocycles. The van der Waals surface area contributed by atoms with Gasteiger partial charge in [-0.2, -0.15) is 0 Å². The van der Waals surface area contributed by atoms with Gasteiger partial charge < -0.3 is 0 Å². The van der Waals surface area contributed by atoms with Gasteiger partial charge in [0.05, 0.1) is 10.9 Å². The van der Waals surface area contributed by atoms with Gasteiger partial charge in [0.25, 0.3) is 5.56 Å². The van der Waals surface area contributed by atoms with Crippen LogP contribution >= 0.6 is 0 Å². The summed E-state index contributed by atoms with van der Waals surface area (Å²) in [7, 11) is 0. The molecule has 0 saturated carbocycles. The molecule has 4 heteroatoms. The number of hydrogen-bond donors (Lipinski definition) is 0. The molecule has 0 spiro atoms. The van der Waals surface area contributed by atoms with Gasteiger partial charge in [0.2, 0.25) is 0 Å². The normalized spacial score (nSPS) is 10.6. The molecular formula is C13H14N2O2. The Kier molecular flexibility index (Phi) is 2.95. The molecule has 1 aromatic carbocycles. The quantitative estimate of drug-likeness (QED) is 0.747. The van der Waals surface area contributed by atoms with Crippen molar-refractivity contribution in [1.82, 2.24) is 9.13 Å². The van der Waals surface area contributed by atoms with E-state index in [9.17, 15) is 9.59 Å². The number of benzene rings is 1. The Bertz CT molecular complexity index is 680. The maximum Gasteiger partial charge on any atom is 0.331 e. The summed E-state index contributed by atoms with van der Waals surface area (Å²) in [5, 5.41) is 0.566. The van der Waals surface area contributed by atoms with E-state index in [0.717, 1.165) is 0 Å². The molecule has 1 heterocycles. The second-order valence-corrected chi connectivity index (χ2v) is 3.75. The van der Waals surface area contributed by atoms with Gasteiger partial charge in [0.15, 0.2) is 0 Å². The smallest absolute Gasteiger partial charge is 0.289 e. The second kappa shape index (κ2) is 4.41. The number of fused-ring (bicyclic) bond motifs is 1. The van der Waals surface area contributed by atoms with E-state index in [1.807, 2.05) is 6.07 Å². The van der Waals surface area contributed by atoms with Crippen molar-refractivity contribution in [3.8, 4) is 0 Å². The molecule has 0 fully saturated rings.